The zero-order valence-electron chi connectivity index (χ0n) is 11.6. The van der Waals surface area contributed by atoms with Gasteiger partial charge in [-0.15, -0.1) is 10.2 Å². The maximum Gasteiger partial charge on any atom is 0.137 e. The molecule has 1 fully saturated rings. The summed E-state index contributed by atoms with van der Waals surface area (Å²) >= 11 is 0. The van der Waals surface area contributed by atoms with Gasteiger partial charge in [0, 0.05) is 18.9 Å². The largest absolute Gasteiger partial charge is 0.316 e. The molecule has 1 saturated heterocycles. The second-order valence-electron chi connectivity index (χ2n) is 5.92. The van der Waals surface area contributed by atoms with Crippen LogP contribution in [0.25, 0.3) is 0 Å². The van der Waals surface area contributed by atoms with Crippen molar-refractivity contribution in [2.45, 2.75) is 31.7 Å². The fourth-order valence-electron chi connectivity index (χ4n) is 3.67. The lowest BCUT2D eigenvalue weighted by molar-refractivity contribution is 0.210. The van der Waals surface area contributed by atoms with Crippen LogP contribution in [0.2, 0.25) is 0 Å². The molecule has 4 nitrogen and oxygen atoms in total. The number of aryl methyl sites for hydroxylation is 1. The van der Waals surface area contributed by atoms with Gasteiger partial charge < -0.3 is 9.88 Å². The van der Waals surface area contributed by atoms with Gasteiger partial charge in [0.25, 0.3) is 0 Å². The number of hydrogen-bond acceptors (Lipinski definition) is 3. The Hall–Kier alpha value is -1.68. The topological polar surface area (TPSA) is 42.7 Å². The van der Waals surface area contributed by atoms with Gasteiger partial charge in [-0.1, -0.05) is 30.3 Å². The number of nitrogens with one attached hydrogen (secondary N) is 1. The molecule has 2 aliphatic rings. The lowest BCUT2D eigenvalue weighted by Gasteiger charge is -2.37. The molecule has 2 atom stereocenters. The quantitative estimate of drug-likeness (QED) is 0.905. The smallest absolute Gasteiger partial charge is 0.137 e. The summed E-state index contributed by atoms with van der Waals surface area (Å²) in [5, 5.41) is 12.4. The zero-order chi connectivity index (χ0) is 13.4. The predicted molar refractivity (Wildman–Crippen MR) is 77.6 cm³/mol. The van der Waals surface area contributed by atoms with Gasteiger partial charge in [0.1, 0.15) is 11.6 Å². The summed E-state index contributed by atoms with van der Waals surface area (Å²) < 4.78 is 2.45. The molecular weight excluding hydrogens is 248 g/mol. The first-order valence-corrected chi connectivity index (χ1v) is 7.59. The normalized spacial score (nSPS) is 25.0. The van der Waals surface area contributed by atoms with Crippen LogP contribution in [0, 0.1) is 5.92 Å². The fourth-order valence-corrected chi connectivity index (χ4v) is 3.67. The van der Waals surface area contributed by atoms with Gasteiger partial charge in [-0.25, -0.2) is 0 Å². The van der Waals surface area contributed by atoms with Crippen LogP contribution < -0.4 is 5.32 Å². The fraction of sp³-hybridized carbons (Fsp3) is 0.500. The summed E-state index contributed by atoms with van der Waals surface area (Å²) in [6.07, 6.45) is 4.42. The van der Waals surface area contributed by atoms with Crippen LogP contribution in [0.1, 0.15) is 36.1 Å². The minimum atomic E-state index is 0.605. The molecule has 1 aromatic carbocycles. The van der Waals surface area contributed by atoms with Gasteiger partial charge in [-0.05, 0) is 37.4 Å². The third-order valence-electron chi connectivity index (χ3n) is 4.68. The average molecular weight is 268 g/mol. The lowest BCUT2D eigenvalue weighted by atomic mass is 9.86. The molecule has 104 valence electrons. The van der Waals surface area contributed by atoms with E-state index < -0.39 is 0 Å². The highest BCUT2D eigenvalue weighted by Gasteiger charge is 2.33. The van der Waals surface area contributed by atoms with E-state index in [0.29, 0.717) is 6.04 Å². The van der Waals surface area contributed by atoms with E-state index in [2.05, 4.69) is 50.4 Å². The minimum absolute atomic E-state index is 0.605. The number of benzene rings is 1. The molecule has 0 spiro atoms. The summed E-state index contributed by atoms with van der Waals surface area (Å²) in [4.78, 5) is 0. The van der Waals surface area contributed by atoms with Crippen molar-refractivity contribution >= 4 is 0 Å². The molecule has 0 bridgehead atoms. The van der Waals surface area contributed by atoms with Gasteiger partial charge in [0.15, 0.2) is 0 Å². The van der Waals surface area contributed by atoms with E-state index in [1.165, 1.54) is 24.2 Å². The third-order valence-corrected chi connectivity index (χ3v) is 4.68. The van der Waals surface area contributed by atoms with Gasteiger partial charge >= 0.3 is 0 Å². The number of fused-ring (bicyclic) bond motifs is 3. The molecule has 0 amide bonds. The Morgan fingerprint density at radius 2 is 2.05 bits per heavy atom. The second kappa shape index (κ2) is 5.02. The summed E-state index contributed by atoms with van der Waals surface area (Å²) in [5.41, 5.74) is 1.32. The van der Waals surface area contributed by atoms with Crippen molar-refractivity contribution < 1.29 is 0 Å². The van der Waals surface area contributed by atoms with Crippen molar-refractivity contribution in [3.05, 3.63) is 47.5 Å². The van der Waals surface area contributed by atoms with Crippen molar-refractivity contribution in [3.63, 3.8) is 0 Å². The molecule has 1 N–H and O–H groups in total. The summed E-state index contributed by atoms with van der Waals surface area (Å²) in [7, 11) is 0. The average Bonchev–Trinajstić information content (AvgIpc) is 2.92. The van der Waals surface area contributed by atoms with Crippen LogP contribution in [0.4, 0.5) is 0 Å². The highest BCUT2D eigenvalue weighted by atomic mass is 15.3. The van der Waals surface area contributed by atoms with E-state index in [4.69, 9.17) is 0 Å². The standard InChI is InChI=1S/C16H20N4/c1-2-4-12(5-3-1)10-16-19-18-15-7-6-13-11-17-9-8-14(13)20(15)16/h1-5,13-14,17H,6-11H2/t13-,14-/m1/s1. The molecule has 0 aliphatic carbocycles. The second-order valence-corrected chi connectivity index (χ2v) is 5.92. The molecule has 2 aliphatic heterocycles. The number of hydrogen-bond donors (Lipinski definition) is 1. The molecular formula is C16H20N4. The molecule has 4 heteroatoms. The molecule has 0 unspecified atom stereocenters. The first-order chi connectivity index (χ1) is 9.92. The van der Waals surface area contributed by atoms with Crippen molar-refractivity contribution in [2.75, 3.05) is 13.1 Å². The van der Waals surface area contributed by atoms with Gasteiger partial charge in [-0.3, -0.25) is 0 Å². The van der Waals surface area contributed by atoms with Crippen LogP contribution in [0.5, 0.6) is 0 Å². The van der Waals surface area contributed by atoms with Crippen LogP contribution >= 0.6 is 0 Å². The van der Waals surface area contributed by atoms with Gasteiger partial charge in [0.05, 0.1) is 0 Å². The molecule has 0 radical (unpaired) electrons. The third kappa shape index (κ3) is 2.04. The Bertz CT molecular complexity index is 590. The van der Waals surface area contributed by atoms with Crippen LogP contribution in [0.15, 0.2) is 30.3 Å². The first-order valence-electron chi connectivity index (χ1n) is 7.59. The Kier molecular flexibility index (Phi) is 3.03. The zero-order valence-corrected chi connectivity index (χ0v) is 11.6. The molecule has 3 heterocycles. The molecule has 1 aromatic heterocycles. The van der Waals surface area contributed by atoms with E-state index in [0.717, 1.165) is 37.7 Å². The van der Waals surface area contributed by atoms with E-state index in [-0.39, 0.29) is 0 Å². The van der Waals surface area contributed by atoms with E-state index in [9.17, 15) is 0 Å². The Labute approximate surface area is 119 Å². The van der Waals surface area contributed by atoms with Crippen molar-refractivity contribution in [2.24, 2.45) is 5.92 Å². The SMILES string of the molecule is c1ccc(Cc2nnc3n2[C@@H]2CCNC[C@H]2CC3)cc1. The number of aromatic nitrogens is 3. The number of piperidine rings is 1. The minimum Gasteiger partial charge on any atom is -0.316 e. The molecule has 2 aromatic rings. The molecule has 0 saturated carbocycles. The Morgan fingerprint density at radius 3 is 2.95 bits per heavy atom. The van der Waals surface area contributed by atoms with Crippen LogP contribution in [-0.2, 0) is 12.8 Å². The summed E-state index contributed by atoms with van der Waals surface area (Å²) in [5.74, 6) is 3.09. The van der Waals surface area contributed by atoms with Crippen molar-refractivity contribution in [1.29, 1.82) is 0 Å². The number of nitrogens with zero attached hydrogens (tertiary/aromatic N) is 3. The van der Waals surface area contributed by atoms with E-state index >= 15 is 0 Å². The highest BCUT2D eigenvalue weighted by Crippen LogP contribution is 2.35. The van der Waals surface area contributed by atoms with Gasteiger partial charge in [0.2, 0.25) is 0 Å². The Morgan fingerprint density at radius 1 is 1.15 bits per heavy atom. The monoisotopic (exact) mass is 268 g/mol. The number of rotatable bonds is 2. The predicted octanol–water partition coefficient (Wildman–Crippen LogP) is 1.97. The van der Waals surface area contributed by atoms with Crippen LogP contribution in [-0.4, -0.2) is 27.9 Å². The lowest BCUT2D eigenvalue weighted by Crippen LogP contribution is -2.41. The highest BCUT2D eigenvalue weighted by molar-refractivity contribution is 5.20. The molecule has 4 rings (SSSR count). The maximum atomic E-state index is 4.48. The van der Waals surface area contributed by atoms with E-state index in [1.807, 2.05) is 0 Å². The van der Waals surface area contributed by atoms with Crippen molar-refractivity contribution in [3.8, 4) is 0 Å². The van der Waals surface area contributed by atoms with E-state index in [1.54, 1.807) is 0 Å². The van der Waals surface area contributed by atoms with Gasteiger partial charge in [-0.2, -0.15) is 0 Å². The van der Waals surface area contributed by atoms with Crippen molar-refractivity contribution in [1.82, 2.24) is 20.1 Å². The Balaban J connectivity index is 1.67. The summed E-state index contributed by atoms with van der Waals surface area (Å²) in [6.45, 7) is 2.26. The first kappa shape index (κ1) is 12.1. The summed E-state index contributed by atoms with van der Waals surface area (Å²) in [6, 6.07) is 11.2. The van der Waals surface area contributed by atoms with Crippen LogP contribution in [0.3, 0.4) is 0 Å². The maximum absolute atomic E-state index is 4.48. The molecule has 20 heavy (non-hydrogen) atoms.